The van der Waals surface area contributed by atoms with E-state index in [1.807, 2.05) is 36.0 Å². The minimum atomic E-state index is 0.184. The zero-order chi connectivity index (χ0) is 15.2. The Kier molecular flexibility index (Phi) is 6.06. The lowest BCUT2D eigenvalue weighted by Gasteiger charge is -2.22. The summed E-state index contributed by atoms with van der Waals surface area (Å²) in [5.74, 6) is 0. The van der Waals surface area contributed by atoms with Crippen molar-refractivity contribution < 1.29 is 5.11 Å². The quantitative estimate of drug-likeness (QED) is 0.849. The second kappa shape index (κ2) is 7.80. The normalized spacial score (nSPS) is 11.3. The predicted molar refractivity (Wildman–Crippen MR) is 85.5 cm³/mol. The summed E-state index contributed by atoms with van der Waals surface area (Å²) in [6.07, 6.45) is 2.53. The van der Waals surface area contributed by atoms with Crippen molar-refractivity contribution in [1.82, 2.24) is 14.7 Å². The number of benzene rings is 1. The fourth-order valence-electron chi connectivity index (χ4n) is 2.19. The molecule has 0 aliphatic rings. The molecule has 0 aliphatic carbocycles. The Bertz CT molecular complexity index is 586. The van der Waals surface area contributed by atoms with E-state index in [0.29, 0.717) is 10.0 Å². The number of halogens is 2. The molecule has 2 aromatic rings. The van der Waals surface area contributed by atoms with Crippen LogP contribution >= 0.6 is 23.2 Å². The molecule has 0 bridgehead atoms. The van der Waals surface area contributed by atoms with E-state index in [-0.39, 0.29) is 6.61 Å². The van der Waals surface area contributed by atoms with Gasteiger partial charge in [0.25, 0.3) is 0 Å². The van der Waals surface area contributed by atoms with Gasteiger partial charge in [-0.15, -0.1) is 0 Å². The summed E-state index contributed by atoms with van der Waals surface area (Å²) in [5, 5.41) is 14.4. The van der Waals surface area contributed by atoms with Gasteiger partial charge in [0.05, 0.1) is 15.7 Å². The third-order valence-corrected chi connectivity index (χ3v) is 4.07. The van der Waals surface area contributed by atoms with Gasteiger partial charge in [0.2, 0.25) is 0 Å². The number of aliphatic hydroxyl groups is 1. The Morgan fingerprint density at radius 3 is 2.62 bits per heavy atom. The van der Waals surface area contributed by atoms with Crippen LogP contribution in [-0.4, -0.2) is 32.9 Å². The molecule has 0 spiro atoms. The van der Waals surface area contributed by atoms with Crippen LogP contribution in [0.15, 0.2) is 30.5 Å². The molecule has 1 N–H and O–H groups in total. The third kappa shape index (κ3) is 4.71. The molecule has 1 heterocycles. The van der Waals surface area contributed by atoms with Crippen LogP contribution in [-0.2, 0) is 20.1 Å². The molecular weight excluding hydrogens is 309 g/mol. The van der Waals surface area contributed by atoms with E-state index in [0.717, 1.165) is 37.3 Å². The topological polar surface area (TPSA) is 41.3 Å². The van der Waals surface area contributed by atoms with E-state index >= 15 is 0 Å². The smallest absolute Gasteiger partial charge is 0.0595 e. The molecule has 0 saturated heterocycles. The van der Waals surface area contributed by atoms with E-state index in [1.165, 1.54) is 0 Å². The maximum atomic E-state index is 9.06. The molecule has 0 aliphatic heterocycles. The van der Waals surface area contributed by atoms with Crippen molar-refractivity contribution in [3.63, 3.8) is 0 Å². The molecule has 0 atom stereocenters. The molecule has 1 aromatic carbocycles. The van der Waals surface area contributed by atoms with Crippen molar-refractivity contribution in [2.24, 2.45) is 7.05 Å². The summed E-state index contributed by atoms with van der Waals surface area (Å²) in [5.41, 5.74) is 2.23. The maximum absolute atomic E-state index is 9.06. The number of nitrogens with zero attached hydrogens (tertiary/aromatic N) is 3. The van der Waals surface area contributed by atoms with E-state index in [1.54, 1.807) is 6.20 Å². The van der Waals surface area contributed by atoms with E-state index < -0.39 is 0 Å². The molecule has 0 unspecified atom stereocenters. The van der Waals surface area contributed by atoms with Gasteiger partial charge in [0.1, 0.15) is 0 Å². The van der Waals surface area contributed by atoms with Gasteiger partial charge in [-0.3, -0.25) is 9.58 Å². The van der Waals surface area contributed by atoms with Crippen molar-refractivity contribution in [3.05, 3.63) is 51.8 Å². The predicted octanol–water partition coefficient (Wildman–Crippen LogP) is 3.11. The average Bonchev–Trinajstić information content (AvgIpc) is 2.85. The lowest BCUT2D eigenvalue weighted by atomic mass is 10.2. The number of rotatable bonds is 7. The van der Waals surface area contributed by atoms with Crippen LogP contribution in [0.3, 0.4) is 0 Å². The van der Waals surface area contributed by atoms with Crippen molar-refractivity contribution in [2.45, 2.75) is 19.5 Å². The fraction of sp³-hybridized carbons (Fsp3) is 0.400. The second-order valence-electron chi connectivity index (χ2n) is 4.98. The number of aromatic nitrogens is 2. The minimum absolute atomic E-state index is 0.184. The Balaban J connectivity index is 2.08. The van der Waals surface area contributed by atoms with Gasteiger partial charge in [0.15, 0.2) is 0 Å². The van der Waals surface area contributed by atoms with E-state index in [4.69, 9.17) is 28.3 Å². The highest BCUT2D eigenvalue weighted by molar-refractivity contribution is 6.42. The molecule has 0 fully saturated rings. The van der Waals surface area contributed by atoms with Crippen LogP contribution in [0.25, 0.3) is 0 Å². The van der Waals surface area contributed by atoms with Gasteiger partial charge in [-0.05, 0) is 30.2 Å². The highest BCUT2D eigenvalue weighted by Crippen LogP contribution is 2.23. The van der Waals surface area contributed by atoms with Crippen LogP contribution < -0.4 is 0 Å². The maximum Gasteiger partial charge on any atom is 0.0595 e. The molecule has 4 nitrogen and oxygen atoms in total. The standard InChI is InChI=1S/C15H19Cl2N3O/c1-19-13(5-6-18-19)11-20(7-2-8-21)10-12-3-4-14(16)15(17)9-12/h3-6,9,21H,2,7-8,10-11H2,1H3. The number of aryl methyl sites for hydroxylation is 1. The van der Waals surface area contributed by atoms with Crippen LogP contribution in [0.5, 0.6) is 0 Å². The van der Waals surface area contributed by atoms with Gasteiger partial charge >= 0.3 is 0 Å². The number of aliphatic hydroxyl groups excluding tert-OH is 1. The van der Waals surface area contributed by atoms with Crippen molar-refractivity contribution in [1.29, 1.82) is 0 Å². The van der Waals surface area contributed by atoms with Crippen LogP contribution in [0, 0.1) is 0 Å². The van der Waals surface area contributed by atoms with Crippen LogP contribution in [0.1, 0.15) is 17.7 Å². The fourth-order valence-corrected chi connectivity index (χ4v) is 2.51. The summed E-state index contributed by atoms with van der Waals surface area (Å²) in [6, 6.07) is 7.68. The summed E-state index contributed by atoms with van der Waals surface area (Å²) in [7, 11) is 1.93. The molecule has 114 valence electrons. The zero-order valence-electron chi connectivity index (χ0n) is 12.0. The Labute approximate surface area is 134 Å². The van der Waals surface area contributed by atoms with Gasteiger partial charge in [-0.2, -0.15) is 5.10 Å². The second-order valence-corrected chi connectivity index (χ2v) is 5.80. The zero-order valence-corrected chi connectivity index (χ0v) is 13.5. The van der Waals surface area contributed by atoms with Gasteiger partial charge in [-0.25, -0.2) is 0 Å². The molecule has 1 aromatic heterocycles. The lowest BCUT2D eigenvalue weighted by molar-refractivity contribution is 0.209. The van der Waals surface area contributed by atoms with E-state index in [2.05, 4.69) is 10.00 Å². The van der Waals surface area contributed by atoms with Gasteiger partial charge in [-0.1, -0.05) is 29.3 Å². The Hall–Kier alpha value is -1.07. The molecule has 21 heavy (non-hydrogen) atoms. The first-order valence-electron chi connectivity index (χ1n) is 6.84. The first-order valence-corrected chi connectivity index (χ1v) is 7.59. The number of hydrogen-bond acceptors (Lipinski definition) is 3. The van der Waals surface area contributed by atoms with Crippen LogP contribution in [0.4, 0.5) is 0 Å². The Morgan fingerprint density at radius 2 is 2.00 bits per heavy atom. The minimum Gasteiger partial charge on any atom is -0.396 e. The SMILES string of the molecule is Cn1nccc1CN(CCCO)Cc1ccc(Cl)c(Cl)c1. The summed E-state index contributed by atoms with van der Waals surface area (Å²) < 4.78 is 1.86. The average molecular weight is 328 g/mol. The summed E-state index contributed by atoms with van der Waals surface area (Å²) >= 11 is 12.0. The molecule has 6 heteroatoms. The highest BCUT2D eigenvalue weighted by atomic mass is 35.5. The van der Waals surface area contributed by atoms with Gasteiger partial charge < -0.3 is 5.11 Å². The van der Waals surface area contributed by atoms with Crippen molar-refractivity contribution in [2.75, 3.05) is 13.2 Å². The molecular formula is C15H19Cl2N3O. The summed E-state index contributed by atoms with van der Waals surface area (Å²) in [4.78, 5) is 2.26. The first-order chi connectivity index (χ1) is 10.1. The third-order valence-electron chi connectivity index (χ3n) is 3.33. The van der Waals surface area contributed by atoms with Gasteiger partial charge in [0, 0.05) is 39.5 Å². The molecule has 2 rings (SSSR count). The monoisotopic (exact) mass is 327 g/mol. The van der Waals surface area contributed by atoms with Crippen LogP contribution in [0.2, 0.25) is 10.0 Å². The van der Waals surface area contributed by atoms with Crippen molar-refractivity contribution >= 4 is 23.2 Å². The van der Waals surface area contributed by atoms with Crippen molar-refractivity contribution in [3.8, 4) is 0 Å². The van der Waals surface area contributed by atoms with E-state index in [9.17, 15) is 0 Å². The summed E-state index contributed by atoms with van der Waals surface area (Å²) in [6.45, 7) is 2.52. The molecule has 0 saturated carbocycles. The Morgan fingerprint density at radius 1 is 1.19 bits per heavy atom. The molecule has 0 radical (unpaired) electrons. The lowest BCUT2D eigenvalue weighted by Crippen LogP contribution is -2.25. The highest BCUT2D eigenvalue weighted by Gasteiger charge is 2.10. The number of hydrogen-bond donors (Lipinski definition) is 1. The largest absolute Gasteiger partial charge is 0.396 e. The molecule has 0 amide bonds. The first kappa shape index (κ1) is 16.3.